The number of nitrogens with zero attached hydrogens (tertiary/aromatic N) is 4. The molecule has 0 spiro atoms. The monoisotopic (exact) mass is 658 g/mol. The first kappa shape index (κ1) is 38.9. The Bertz CT molecular complexity index is 2010. The maximum absolute atomic E-state index is 12.5. The zero-order valence-electron chi connectivity index (χ0n) is 22.1. The van der Waals surface area contributed by atoms with Crippen LogP contribution in [0.3, 0.4) is 0 Å². The largest absolute Gasteiger partial charge is 1.00 e. The van der Waals surface area contributed by atoms with Crippen molar-refractivity contribution in [2.24, 2.45) is 20.5 Å². The molecule has 0 heterocycles. The first-order chi connectivity index (χ1) is 18.1. The SMILES string of the molecule is O=S(=O)([O-])c1ccc(N=Nc2ccc(N=Nc3c([O-])ccc4cccc(S(=O)(=O)[O-])c34)c(S(=O)(=O)O)c2)cc1.[Na+].[Na+].[Na+]. The summed E-state index contributed by atoms with van der Waals surface area (Å²) in [5.74, 6) is -0.808. The van der Waals surface area contributed by atoms with Gasteiger partial charge >= 0.3 is 88.7 Å². The summed E-state index contributed by atoms with van der Waals surface area (Å²) in [6.07, 6.45) is 0. The first-order valence-electron chi connectivity index (χ1n) is 10.3. The quantitative estimate of drug-likeness (QED) is 0.112. The van der Waals surface area contributed by atoms with E-state index in [0.29, 0.717) is 0 Å². The third kappa shape index (κ3) is 9.43. The molecular formula is C22H13N4Na3O10S3. The molecule has 1 N–H and O–H groups in total. The smallest absolute Gasteiger partial charge is 0.871 e. The van der Waals surface area contributed by atoms with Gasteiger partial charge in [-0.1, -0.05) is 30.0 Å². The van der Waals surface area contributed by atoms with E-state index in [-0.39, 0.29) is 111 Å². The Labute approximate surface area is 306 Å². The molecular weight excluding hydrogens is 645 g/mol. The molecule has 0 bridgehead atoms. The normalized spacial score (nSPS) is 12.1. The second kappa shape index (κ2) is 15.2. The fraction of sp³-hybridized carbons (Fsp3) is 0. The molecule has 0 saturated carbocycles. The number of fused-ring (bicyclic) bond motifs is 1. The van der Waals surface area contributed by atoms with Gasteiger partial charge in [-0.3, -0.25) is 4.55 Å². The van der Waals surface area contributed by atoms with Gasteiger partial charge in [0.2, 0.25) is 0 Å². The molecule has 0 aliphatic carbocycles. The standard InChI is InChI=1S/C22H16N4O10S3.3Na/c27-18-11-4-13-2-1-3-19(38(31,32)33)21(13)22(18)26-25-17-10-7-15(12-20(17)39(34,35)36)24-23-14-5-8-16(9-6-14)37(28,29)30;;;/h1-12,27H,(H,28,29,30)(H,31,32,33)(H,34,35,36);;;/q;3*+1/p-3. The van der Waals surface area contributed by atoms with Crippen LogP contribution >= 0.6 is 0 Å². The van der Waals surface area contributed by atoms with Crippen LogP contribution in [0.2, 0.25) is 0 Å². The first-order valence-corrected chi connectivity index (χ1v) is 14.6. The molecule has 0 amide bonds. The molecule has 20 heteroatoms. The average molecular weight is 659 g/mol. The van der Waals surface area contributed by atoms with Crippen molar-refractivity contribution in [3.8, 4) is 5.75 Å². The molecule has 4 rings (SSSR count). The average Bonchev–Trinajstić information content (AvgIpc) is 2.85. The van der Waals surface area contributed by atoms with Gasteiger partial charge in [0.05, 0.1) is 26.9 Å². The van der Waals surface area contributed by atoms with Crippen LogP contribution in [0.25, 0.3) is 10.8 Å². The predicted molar refractivity (Wildman–Crippen MR) is 130 cm³/mol. The molecule has 42 heavy (non-hydrogen) atoms. The summed E-state index contributed by atoms with van der Waals surface area (Å²) >= 11 is 0. The van der Waals surface area contributed by atoms with Crippen molar-refractivity contribution in [1.29, 1.82) is 0 Å². The van der Waals surface area contributed by atoms with Crippen LogP contribution in [0.4, 0.5) is 22.7 Å². The summed E-state index contributed by atoms with van der Waals surface area (Å²) in [5.41, 5.74) is -0.990. The maximum Gasteiger partial charge on any atom is 1.00 e. The van der Waals surface area contributed by atoms with Crippen LogP contribution in [0.1, 0.15) is 0 Å². The van der Waals surface area contributed by atoms with Crippen molar-refractivity contribution in [1.82, 2.24) is 0 Å². The Morgan fingerprint density at radius 3 is 1.79 bits per heavy atom. The van der Waals surface area contributed by atoms with Gasteiger partial charge in [0, 0.05) is 5.39 Å². The van der Waals surface area contributed by atoms with E-state index in [1.165, 1.54) is 36.4 Å². The summed E-state index contributed by atoms with van der Waals surface area (Å²) in [6, 6.07) is 13.6. The molecule has 14 nitrogen and oxygen atoms in total. The topological polar surface area (TPSA) is 241 Å². The second-order valence-corrected chi connectivity index (χ2v) is 11.8. The molecule has 0 radical (unpaired) electrons. The van der Waals surface area contributed by atoms with Crippen molar-refractivity contribution in [3.05, 3.63) is 72.8 Å². The van der Waals surface area contributed by atoms with Crippen molar-refractivity contribution in [2.45, 2.75) is 14.7 Å². The molecule has 0 atom stereocenters. The molecule has 202 valence electrons. The van der Waals surface area contributed by atoms with Gasteiger partial charge in [-0.05, 0) is 53.9 Å². The van der Waals surface area contributed by atoms with Crippen LogP contribution in [0.5, 0.6) is 5.75 Å². The number of hydrogen-bond acceptors (Lipinski definition) is 13. The van der Waals surface area contributed by atoms with Crippen LogP contribution in [0, 0.1) is 0 Å². The van der Waals surface area contributed by atoms with Crippen LogP contribution in [-0.2, 0) is 30.4 Å². The minimum Gasteiger partial charge on any atom is -0.871 e. The van der Waals surface area contributed by atoms with Gasteiger partial charge in [0.25, 0.3) is 10.1 Å². The maximum atomic E-state index is 12.5. The summed E-state index contributed by atoms with van der Waals surface area (Å²) in [5, 5.41) is 27.3. The second-order valence-electron chi connectivity index (χ2n) is 7.70. The summed E-state index contributed by atoms with van der Waals surface area (Å²) < 4.78 is 102. The Morgan fingerprint density at radius 1 is 0.619 bits per heavy atom. The Balaban J connectivity index is 0.00000294. The molecule has 4 aromatic carbocycles. The van der Waals surface area contributed by atoms with Crippen LogP contribution in [0.15, 0.2) is 108 Å². The molecule has 0 aromatic heterocycles. The van der Waals surface area contributed by atoms with E-state index in [1.807, 2.05) is 0 Å². The zero-order chi connectivity index (χ0) is 28.6. The zero-order valence-corrected chi connectivity index (χ0v) is 30.5. The summed E-state index contributed by atoms with van der Waals surface area (Å²) in [7, 11) is -14.6. The van der Waals surface area contributed by atoms with E-state index >= 15 is 0 Å². The van der Waals surface area contributed by atoms with Crippen LogP contribution < -0.4 is 93.8 Å². The van der Waals surface area contributed by atoms with Crippen LogP contribution in [-0.4, -0.2) is 38.9 Å². The number of azo groups is 2. The van der Waals surface area contributed by atoms with Crippen molar-refractivity contribution in [3.63, 3.8) is 0 Å². The summed E-state index contributed by atoms with van der Waals surface area (Å²) in [6.45, 7) is 0. The van der Waals surface area contributed by atoms with Gasteiger partial charge in [0.15, 0.2) is 0 Å². The van der Waals surface area contributed by atoms with E-state index in [2.05, 4.69) is 20.5 Å². The van der Waals surface area contributed by atoms with E-state index in [0.717, 1.165) is 36.4 Å². The molecule has 4 aromatic rings. The molecule has 0 saturated heterocycles. The van der Waals surface area contributed by atoms with E-state index in [1.54, 1.807) is 0 Å². The molecule has 0 unspecified atom stereocenters. The number of hydrogen-bond donors (Lipinski definition) is 1. The molecule has 0 aliphatic rings. The van der Waals surface area contributed by atoms with Gasteiger partial charge in [-0.15, -0.1) is 5.11 Å². The van der Waals surface area contributed by atoms with Crippen molar-refractivity contribution < 1.29 is 133 Å². The Morgan fingerprint density at radius 2 is 1.21 bits per heavy atom. The Hall–Kier alpha value is -1.13. The minimum atomic E-state index is -5.02. The fourth-order valence-corrected chi connectivity index (χ4v) is 5.19. The third-order valence-corrected chi connectivity index (χ3v) is 7.71. The van der Waals surface area contributed by atoms with Crippen molar-refractivity contribution >= 4 is 63.9 Å². The van der Waals surface area contributed by atoms with Crippen molar-refractivity contribution in [2.75, 3.05) is 0 Å². The van der Waals surface area contributed by atoms with Gasteiger partial charge in [-0.2, -0.15) is 23.8 Å². The van der Waals surface area contributed by atoms with E-state index in [9.17, 15) is 44.0 Å². The minimum absolute atomic E-state index is 0. The summed E-state index contributed by atoms with van der Waals surface area (Å²) in [4.78, 5) is -2.00. The van der Waals surface area contributed by atoms with Gasteiger partial charge in [0.1, 0.15) is 30.8 Å². The van der Waals surface area contributed by atoms with E-state index < -0.39 is 62.2 Å². The third-order valence-electron chi connectivity index (χ3n) is 5.10. The van der Waals surface area contributed by atoms with Gasteiger partial charge in [-0.25, -0.2) is 16.8 Å². The van der Waals surface area contributed by atoms with E-state index in [4.69, 9.17) is 0 Å². The number of rotatable bonds is 7. The molecule has 0 fully saturated rings. The Kier molecular flexibility index (Phi) is 14.1. The predicted octanol–water partition coefficient (Wildman–Crippen LogP) is -5.19. The van der Waals surface area contributed by atoms with Gasteiger partial charge < -0.3 is 14.2 Å². The molecule has 0 aliphatic heterocycles. The number of benzene rings is 4. The fourth-order valence-electron chi connectivity index (χ4n) is 3.37.